The Kier molecular flexibility index (Phi) is 8.35. The molecule has 5 heteroatoms. The van der Waals surface area contributed by atoms with E-state index in [-0.39, 0.29) is 17.6 Å². The quantitative estimate of drug-likeness (QED) is 0.257. The predicted octanol–water partition coefficient (Wildman–Crippen LogP) is 6.37. The van der Waals surface area contributed by atoms with E-state index < -0.39 is 11.6 Å². The minimum Gasteiger partial charge on any atom is -0.476 e. The highest BCUT2D eigenvalue weighted by Crippen LogP contribution is 2.34. The van der Waals surface area contributed by atoms with Crippen LogP contribution in [0.3, 0.4) is 0 Å². The van der Waals surface area contributed by atoms with Gasteiger partial charge in [-0.05, 0) is 75.6 Å². The Morgan fingerprint density at radius 3 is 2.06 bits per heavy atom. The number of rotatable bonds is 9. The topological polar surface area (TPSA) is 52.6 Å². The Hall–Kier alpha value is -2.27. The lowest BCUT2D eigenvalue weighted by molar-refractivity contribution is -0.158. The number of esters is 1. The molecule has 0 aliphatic carbocycles. The van der Waals surface area contributed by atoms with E-state index in [1.807, 2.05) is 51.3 Å². The number of benzene rings is 2. The molecule has 4 nitrogen and oxygen atoms in total. The Morgan fingerprint density at radius 1 is 1.03 bits per heavy atom. The first-order valence-electron chi connectivity index (χ1n) is 10.7. The molecular weight excluding hydrogens is 408 g/mol. The molecule has 0 amide bonds. The summed E-state index contributed by atoms with van der Waals surface area (Å²) in [5.41, 5.74) is 2.61. The number of Topliss-reactive ketones (excluding diaryl/α,β-unsaturated/α-hetero) is 1. The van der Waals surface area contributed by atoms with Crippen LogP contribution in [-0.2, 0) is 9.53 Å². The Labute approximate surface area is 190 Å². The normalized spacial score (nSPS) is 13.4. The molecule has 0 bridgehead atoms. The van der Waals surface area contributed by atoms with Crippen molar-refractivity contribution >= 4 is 23.5 Å². The van der Waals surface area contributed by atoms with Crippen molar-refractivity contribution in [2.24, 2.45) is 5.92 Å². The van der Waals surface area contributed by atoms with Crippen LogP contribution in [0.4, 0.5) is 0 Å². The van der Waals surface area contributed by atoms with E-state index in [1.165, 1.54) is 0 Å². The van der Waals surface area contributed by atoms with Gasteiger partial charge in [0.15, 0.2) is 11.4 Å². The van der Waals surface area contributed by atoms with E-state index in [0.29, 0.717) is 12.4 Å². The lowest BCUT2D eigenvalue weighted by atomic mass is 9.82. The van der Waals surface area contributed by atoms with E-state index >= 15 is 0 Å². The zero-order valence-electron chi connectivity index (χ0n) is 19.9. The third-order valence-corrected chi connectivity index (χ3v) is 6.41. The highest BCUT2D eigenvalue weighted by atomic mass is 32.2. The van der Waals surface area contributed by atoms with E-state index in [2.05, 4.69) is 19.1 Å². The number of aryl methyl sites for hydroxylation is 2. The molecule has 1 unspecified atom stereocenters. The van der Waals surface area contributed by atoms with E-state index in [0.717, 1.165) is 27.1 Å². The van der Waals surface area contributed by atoms with Gasteiger partial charge in [0.2, 0.25) is 0 Å². The number of ketones is 1. The minimum atomic E-state index is -1.08. The monoisotopic (exact) mass is 442 g/mol. The van der Waals surface area contributed by atoms with Gasteiger partial charge in [0.05, 0.1) is 6.61 Å². The molecule has 0 spiro atoms. The maximum Gasteiger partial charge on any atom is 0.349 e. The Bertz CT molecular complexity index is 908. The molecule has 0 aliphatic rings. The second kappa shape index (κ2) is 10.4. The standard InChI is InChI=1S/C26H34O4S/c1-9-29-25(28)26(6,7)30-24-16(2)14-21(15-17(24)3)18(4)19(5)23(27)20-10-12-22(31-8)13-11-20/h10-15,18-19H,9H2,1-8H3/t18-,19?/m0/s1. The summed E-state index contributed by atoms with van der Waals surface area (Å²) in [6, 6.07) is 11.9. The molecular formula is C26H34O4S. The van der Waals surface area contributed by atoms with Gasteiger partial charge >= 0.3 is 5.97 Å². The van der Waals surface area contributed by atoms with Crippen molar-refractivity contribution in [3.8, 4) is 5.75 Å². The minimum absolute atomic E-state index is 0.0391. The van der Waals surface area contributed by atoms with Crippen LogP contribution in [-0.4, -0.2) is 30.2 Å². The van der Waals surface area contributed by atoms with Crippen molar-refractivity contribution in [2.45, 2.75) is 64.9 Å². The number of carbonyl (C=O) groups is 2. The van der Waals surface area contributed by atoms with Gasteiger partial charge in [-0.3, -0.25) is 4.79 Å². The van der Waals surface area contributed by atoms with Gasteiger partial charge in [-0.2, -0.15) is 0 Å². The first kappa shape index (κ1) is 25.0. The summed E-state index contributed by atoms with van der Waals surface area (Å²) < 4.78 is 11.2. The molecule has 0 radical (unpaired) electrons. The molecule has 0 aliphatic heterocycles. The SMILES string of the molecule is CCOC(=O)C(C)(C)Oc1c(C)cc([C@@H](C)C(C)C(=O)c2ccc(SC)cc2)cc1C. The van der Waals surface area contributed by atoms with E-state index in [9.17, 15) is 9.59 Å². The molecule has 2 aromatic carbocycles. The summed E-state index contributed by atoms with van der Waals surface area (Å²) in [5, 5.41) is 0. The Balaban J connectivity index is 2.24. The van der Waals surface area contributed by atoms with Gasteiger partial charge < -0.3 is 9.47 Å². The zero-order chi connectivity index (χ0) is 23.3. The van der Waals surface area contributed by atoms with Crippen molar-refractivity contribution in [1.82, 2.24) is 0 Å². The van der Waals surface area contributed by atoms with Crippen LogP contribution in [0.5, 0.6) is 5.75 Å². The second-order valence-corrected chi connectivity index (χ2v) is 9.37. The maximum atomic E-state index is 13.0. The highest BCUT2D eigenvalue weighted by molar-refractivity contribution is 7.98. The number of hydrogen-bond donors (Lipinski definition) is 0. The number of carbonyl (C=O) groups excluding carboxylic acids is 2. The number of ether oxygens (including phenoxy) is 2. The smallest absolute Gasteiger partial charge is 0.349 e. The maximum absolute atomic E-state index is 13.0. The lowest BCUT2D eigenvalue weighted by Gasteiger charge is -2.27. The summed E-state index contributed by atoms with van der Waals surface area (Å²) in [6.45, 7) is 13.5. The number of hydrogen-bond acceptors (Lipinski definition) is 5. The van der Waals surface area contributed by atoms with Gasteiger partial charge in [0.1, 0.15) is 5.75 Å². The van der Waals surface area contributed by atoms with Gasteiger partial charge in [0.25, 0.3) is 0 Å². The second-order valence-electron chi connectivity index (χ2n) is 8.49. The predicted molar refractivity (Wildman–Crippen MR) is 127 cm³/mol. The van der Waals surface area contributed by atoms with Gasteiger partial charge in [-0.1, -0.05) is 38.1 Å². The molecule has 0 saturated heterocycles. The fourth-order valence-electron chi connectivity index (χ4n) is 3.54. The first-order chi connectivity index (χ1) is 14.5. The van der Waals surface area contributed by atoms with E-state index in [1.54, 1.807) is 32.5 Å². The summed E-state index contributed by atoms with van der Waals surface area (Å²) in [5.74, 6) is 0.303. The van der Waals surface area contributed by atoms with Gasteiger partial charge in [0, 0.05) is 16.4 Å². The van der Waals surface area contributed by atoms with Gasteiger partial charge in [-0.15, -0.1) is 11.8 Å². The van der Waals surface area contributed by atoms with Crippen molar-refractivity contribution in [1.29, 1.82) is 0 Å². The van der Waals surface area contributed by atoms with Crippen LogP contribution in [0.25, 0.3) is 0 Å². The van der Waals surface area contributed by atoms with E-state index in [4.69, 9.17) is 9.47 Å². The molecule has 31 heavy (non-hydrogen) atoms. The number of thioether (sulfide) groups is 1. The van der Waals surface area contributed by atoms with Crippen molar-refractivity contribution in [3.05, 3.63) is 58.7 Å². The summed E-state index contributed by atoms with van der Waals surface area (Å²) >= 11 is 1.66. The van der Waals surface area contributed by atoms with Crippen molar-refractivity contribution < 1.29 is 19.1 Å². The summed E-state index contributed by atoms with van der Waals surface area (Å²) in [6.07, 6.45) is 2.02. The molecule has 2 atom stereocenters. The largest absolute Gasteiger partial charge is 0.476 e. The van der Waals surface area contributed by atoms with Crippen LogP contribution in [0.2, 0.25) is 0 Å². The zero-order valence-corrected chi connectivity index (χ0v) is 20.7. The average molecular weight is 443 g/mol. The van der Waals surface area contributed by atoms with Crippen LogP contribution in [0, 0.1) is 19.8 Å². The fraction of sp³-hybridized carbons (Fsp3) is 0.462. The van der Waals surface area contributed by atoms with Crippen LogP contribution in [0.15, 0.2) is 41.3 Å². The average Bonchev–Trinajstić information content (AvgIpc) is 2.74. The molecule has 168 valence electrons. The van der Waals surface area contributed by atoms with Crippen molar-refractivity contribution in [2.75, 3.05) is 12.9 Å². The summed E-state index contributed by atoms with van der Waals surface area (Å²) in [7, 11) is 0. The third kappa shape index (κ3) is 5.91. The first-order valence-corrected chi connectivity index (χ1v) is 11.9. The fourth-order valence-corrected chi connectivity index (χ4v) is 3.95. The van der Waals surface area contributed by atoms with Crippen LogP contribution < -0.4 is 4.74 Å². The summed E-state index contributed by atoms with van der Waals surface area (Å²) in [4.78, 5) is 26.4. The molecule has 0 saturated carbocycles. The molecule has 0 N–H and O–H groups in total. The molecule has 0 fully saturated rings. The van der Waals surface area contributed by atoms with Crippen molar-refractivity contribution in [3.63, 3.8) is 0 Å². The van der Waals surface area contributed by atoms with Crippen LogP contribution in [0.1, 0.15) is 67.6 Å². The molecule has 2 rings (SSSR count). The molecule has 0 aromatic heterocycles. The molecule has 0 heterocycles. The van der Waals surface area contributed by atoms with Gasteiger partial charge in [-0.25, -0.2) is 4.79 Å². The third-order valence-electron chi connectivity index (χ3n) is 5.67. The Morgan fingerprint density at radius 2 is 1.58 bits per heavy atom. The molecule has 2 aromatic rings. The highest BCUT2D eigenvalue weighted by Gasteiger charge is 2.33. The lowest BCUT2D eigenvalue weighted by Crippen LogP contribution is -2.40. The van der Waals surface area contributed by atoms with Crippen LogP contribution >= 0.6 is 11.8 Å².